The van der Waals surface area contributed by atoms with E-state index in [1.54, 1.807) is 0 Å². The van der Waals surface area contributed by atoms with Crippen molar-refractivity contribution in [2.24, 2.45) is 5.73 Å². The van der Waals surface area contributed by atoms with Gasteiger partial charge in [0.1, 0.15) is 17.9 Å². The Kier molecular flexibility index (Phi) is 7.61. The van der Waals surface area contributed by atoms with Gasteiger partial charge in [-0.1, -0.05) is 46.8 Å². The van der Waals surface area contributed by atoms with E-state index in [4.69, 9.17) is 23.5 Å². The molecule has 0 saturated carbocycles. The van der Waals surface area contributed by atoms with Crippen LogP contribution in [0.3, 0.4) is 0 Å². The number of ether oxygens (including phenoxy) is 1. The van der Waals surface area contributed by atoms with Gasteiger partial charge in [-0.05, 0) is 36.3 Å². The van der Waals surface area contributed by atoms with E-state index in [0.29, 0.717) is 0 Å². The highest BCUT2D eigenvalue weighted by atomic mass is 32.2. The summed E-state index contributed by atoms with van der Waals surface area (Å²) in [4.78, 5) is 12.4. The van der Waals surface area contributed by atoms with E-state index in [-0.39, 0.29) is 33.9 Å². The Hall–Kier alpha value is -1.43. The lowest BCUT2D eigenvalue weighted by Gasteiger charge is -2.43. The van der Waals surface area contributed by atoms with E-state index in [9.17, 15) is 13.2 Å². The molecule has 3 heterocycles. The molecule has 1 aromatic rings. The van der Waals surface area contributed by atoms with Crippen LogP contribution in [0.15, 0.2) is 17.3 Å². The van der Waals surface area contributed by atoms with Gasteiger partial charge in [0.05, 0.1) is 23.9 Å². The van der Waals surface area contributed by atoms with Gasteiger partial charge in [0, 0.05) is 6.92 Å². The monoisotopic (exact) mass is 574 g/mol. The molecule has 0 aromatic carbocycles. The predicted octanol–water partition coefficient (Wildman–Crippen LogP) is 3.69. The summed E-state index contributed by atoms with van der Waals surface area (Å²) in [6, 6.07) is 0. The van der Waals surface area contributed by atoms with Gasteiger partial charge in [-0.3, -0.25) is 4.79 Å². The molecule has 1 spiro atoms. The van der Waals surface area contributed by atoms with E-state index >= 15 is 0 Å². The minimum Gasteiger partial charge on any atom is -0.414 e. The van der Waals surface area contributed by atoms with Crippen LogP contribution in [0, 0.1) is 0 Å². The minimum absolute atomic E-state index is 0.0124. The molecule has 1 fully saturated rings. The third-order valence-electron chi connectivity index (χ3n) is 8.25. The van der Waals surface area contributed by atoms with Crippen LogP contribution >= 0.6 is 0 Å². The fraction of sp³-hybridized carbons (Fsp3) is 0.783. The second kappa shape index (κ2) is 9.35. The topological polar surface area (TPSA) is 145 Å². The van der Waals surface area contributed by atoms with Crippen molar-refractivity contribution in [1.29, 1.82) is 0 Å². The zero-order valence-electron chi connectivity index (χ0n) is 23.8. The highest BCUT2D eigenvalue weighted by molar-refractivity contribution is 7.90. The van der Waals surface area contributed by atoms with Gasteiger partial charge in [-0.15, -0.1) is 5.10 Å². The third kappa shape index (κ3) is 5.38. The second-order valence-corrected chi connectivity index (χ2v) is 23.9. The van der Waals surface area contributed by atoms with Crippen molar-refractivity contribution >= 4 is 32.5 Å². The maximum absolute atomic E-state index is 12.8. The molecule has 14 heteroatoms. The normalized spacial score (nSPS) is 28.6. The molecule has 1 aromatic heterocycles. The Morgan fingerprint density at radius 3 is 2.16 bits per heavy atom. The fourth-order valence-corrected chi connectivity index (χ4v) is 7.38. The number of Topliss-reactive ketones (excluding diaryl/α,β-unsaturated/α-hetero) is 1. The van der Waals surface area contributed by atoms with E-state index in [2.05, 4.69) is 64.9 Å². The molecule has 3 rings (SSSR count). The number of ketones is 1. The molecule has 1 unspecified atom stereocenters. The molecule has 1 saturated heterocycles. The van der Waals surface area contributed by atoms with Gasteiger partial charge < -0.3 is 19.3 Å². The van der Waals surface area contributed by atoms with Crippen LogP contribution in [0.5, 0.6) is 0 Å². The second-order valence-electron chi connectivity index (χ2n) is 12.9. The number of hydrogen-bond acceptors (Lipinski definition) is 10. The Morgan fingerprint density at radius 2 is 1.70 bits per heavy atom. The predicted molar refractivity (Wildman–Crippen MR) is 144 cm³/mol. The molecule has 0 bridgehead atoms. The van der Waals surface area contributed by atoms with Crippen molar-refractivity contribution in [2.45, 2.75) is 109 Å². The zero-order chi connectivity index (χ0) is 28.4. The van der Waals surface area contributed by atoms with Gasteiger partial charge in [-0.25, -0.2) is 8.86 Å². The molecule has 0 radical (unpaired) electrons. The van der Waals surface area contributed by atoms with Gasteiger partial charge in [0.15, 0.2) is 34.2 Å². The van der Waals surface area contributed by atoms with E-state index in [0.717, 1.165) is 5.41 Å². The molecule has 4 atom stereocenters. The van der Waals surface area contributed by atoms with Crippen LogP contribution < -0.4 is 5.73 Å². The van der Waals surface area contributed by atoms with Gasteiger partial charge >= 0.3 is 0 Å². The summed E-state index contributed by atoms with van der Waals surface area (Å²) in [5.41, 5.74) is 4.90. The lowest BCUT2D eigenvalue weighted by molar-refractivity contribution is -0.0601. The van der Waals surface area contributed by atoms with Crippen LogP contribution in [-0.4, -0.2) is 70.2 Å². The quantitative estimate of drug-likeness (QED) is 0.291. The first kappa shape index (κ1) is 30.1. The van der Waals surface area contributed by atoms with Crippen LogP contribution in [-0.2, 0) is 27.9 Å². The molecular weight excluding hydrogens is 533 g/mol. The number of nitrogens with two attached hydrogens (primary N) is 1. The number of hydrogen-bond donors (Lipinski definition) is 1. The van der Waals surface area contributed by atoms with E-state index < -0.39 is 50.8 Å². The van der Waals surface area contributed by atoms with Crippen molar-refractivity contribution in [3.63, 3.8) is 0 Å². The first-order valence-electron chi connectivity index (χ1n) is 12.4. The van der Waals surface area contributed by atoms with Crippen LogP contribution in [0.4, 0.5) is 0 Å². The number of nitrogens with zero attached hydrogens (tertiary/aromatic N) is 3. The minimum atomic E-state index is -4.13. The van der Waals surface area contributed by atoms with Gasteiger partial charge in [0.2, 0.25) is 0 Å². The molecule has 11 nitrogen and oxygen atoms in total. The summed E-state index contributed by atoms with van der Waals surface area (Å²) in [5, 5.41) is 8.60. The van der Waals surface area contributed by atoms with Crippen molar-refractivity contribution in [3.8, 4) is 0 Å². The Balaban J connectivity index is 2.19. The Bertz CT molecular complexity index is 1180. The van der Waals surface area contributed by atoms with Crippen LogP contribution in [0.2, 0.25) is 36.3 Å². The highest BCUT2D eigenvalue weighted by Gasteiger charge is 2.67. The fourth-order valence-electron chi connectivity index (χ4n) is 3.87. The highest BCUT2D eigenvalue weighted by Crippen LogP contribution is 2.52. The van der Waals surface area contributed by atoms with Gasteiger partial charge in [-0.2, -0.15) is 8.42 Å². The summed E-state index contributed by atoms with van der Waals surface area (Å²) >= 11 is 0. The summed E-state index contributed by atoms with van der Waals surface area (Å²) < 4.78 is 52.5. The molecule has 0 aliphatic carbocycles. The SMILES string of the molecule is CC(=O)c1cnnn1[C@@H]1O[C@H](CO[Si](C)(C)C(C)(C)C)C2(OS(=O)(=O)C=C2N)[C@H]1O[Si](C)(C)C(C)(C)C. The summed E-state index contributed by atoms with van der Waals surface area (Å²) in [6.07, 6.45) is -1.70. The van der Waals surface area contributed by atoms with Gasteiger partial charge in [0.25, 0.3) is 10.1 Å². The number of aromatic nitrogens is 3. The van der Waals surface area contributed by atoms with Crippen molar-refractivity contribution < 1.29 is 31.0 Å². The third-order valence-corrected chi connectivity index (χ3v) is 18.3. The standard InChI is InChI=1S/C23H42N4O7SSi2/c1-15(28)16-12-25-26-27(16)20-19(33-37(10,11)22(5,6)7)23(17(24)14-35(29,30)34-23)18(32-20)13-31-36(8,9)21(2,3)4/h12,14,18-20H,13,24H2,1-11H3/t18-,19+,20-,23?/m1/s1. The van der Waals surface area contributed by atoms with Crippen LogP contribution in [0.25, 0.3) is 0 Å². The first-order chi connectivity index (χ1) is 16.6. The summed E-state index contributed by atoms with van der Waals surface area (Å²) in [6.45, 7) is 22.2. The Morgan fingerprint density at radius 1 is 1.14 bits per heavy atom. The molecule has 37 heavy (non-hydrogen) atoms. The number of carbonyl (C=O) groups excluding carboxylic acids is 1. The van der Waals surface area contributed by atoms with Crippen LogP contribution in [0.1, 0.15) is 65.2 Å². The number of rotatable bonds is 7. The summed E-state index contributed by atoms with van der Waals surface area (Å²) in [5.74, 6) is -0.279. The average molecular weight is 575 g/mol. The smallest absolute Gasteiger partial charge is 0.292 e. The van der Waals surface area contributed by atoms with Crippen molar-refractivity contribution in [2.75, 3.05) is 6.61 Å². The molecule has 2 aliphatic rings. The largest absolute Gasteiger partial charge is 0.414 e. The molecular formula is C23H42N4O7SSi2. The van der Waals surface area contributed by atoms with E-state index in [1.807, 2.05) is 13.1 Å². The Labute approximate surface area is 222 Å². The first-order valence-corrected chi connectivity index (χ1v) is 19.7. The molecule has 0 amide bonds. The zero-order valence-corrected chi connectivity index (χ0v) is 26.6. The maximum Gasteiger partial charge on any atom is 0.292 e. The molecule has 2 N–H and O–H groups in total. The summed E-state index contributed by atoms with van der Waals surface area (Å²) in [7, 11) is -8.99. The average Bonchev–Trinajstić information content (AvgIpc) is 3.34. The lowest BCUT2D eigenvalue weighted by Crippen LogP contribution is -2.59. The van der Waals surface area contributed by atoms with E-state index in [1.165, 1.54) is 17.8 Å². The lowest BCUT2D eigenvalue weighted by atomic mass is 9.89. The molecule has 210 valence electrons. The maximum atomic E-state index is 12.8. The van der Waals surface area contributed by atoms with Crippen molar-refractivity contribution in [1.82, 2.24) is 15.0 Å². The van der Waals surface area contributed by atoms with Crippen molar-refractivity contribution in [3.05, 3.63) is 23.0 Å². The number of carbonyl (C=O) groups is 1. The molecule has 2 aliphatic heterocycles.